The molecule has 0 radical (unpaired) electrons. The van der Waals surface area contributed by atoms with Crippen molar-refractivity contribution in [3.8, 4) is 0 Å². The Morgan fingerprint density at radius 2 is 0.939 bits per heavy atom. The number of nitrogens with zero attached hydrogens (tertiary/aromatic N) is 1. The van der Waals surface area contributed by atoms with E-state index in [0.717, 1.165) is 32.6 Å². The first-order valence-electron chi connectivity index (χ1n) is 17.8. The van der Waals surface area contributed by atoms with Crippen LogP contribution in [0.1, 0.15) is 24.8 Å². The van der Waals surface area contributed by atoms with Crippen molar-refractivity contribution in [2.75, 3.05) is 19.6 Å². The van der Waals surface area contributed by atoms with Crippen molar-refractivity contribution in [3.63, 3.8) is 0 Å². The molecule has 3 saturated heterocycles. The maximum absolute atomic E-state index is 12.9. The van der Waals surface area contributed by atoms with E-state index < -0.39 is 6.15 Å². The van der Waals surface area contributed by atoms with E-state index in [-0.39, 0.29) is 5.43 Å². The highest BCUT2D eigenvalue weighted by Gasteiger charge is 2.39. The van der Waals surface area contributed by atoms with Crippen LogP contribution in [0.3, 0.4) is 0 Å². The predicted octanol–water partition coefficient (Wildman–Crippen LogP) is 7.61. The number of hydrogen-bond donors (Lipinski definition) is 0. The van der Waals surface area contributed by atoms with Gasteiger partial charge in [-0.25, -0.2) is 0 Å². The van der Waals surface area contributed by atoms with E-state index in [1.807, 2.05) is 24.3 Å². The molecule has 10 rings (SSSR count). The molecule has 4 heterocycles. The minimum Gasteiger partial charge on any atom is -0.320 e. The summed E-state index contributed by atoms with van der Waals surface area (Å²) in [5, 5.41) is 1.76. The van der Waals surface area contributed by atoms with Gasteiger partial charge in [-0.2, -0.15) is 21.9 Å². The average Bonchev–Trinajstić information content (AvgIpc) is 3.18. The number of fused-ring (bicyclic) bond motifs is 5. The topological polar surface area (TPSA) is 17.1 Å². The maximum Gasteiger partial charge on any atom is 0.195 e. The second kappa shape index (κ2) is 13.6. The Morgan fingerprint density at radius 3 is 1.43 bits per heavy atom. The van der Waals surface area contributed by atoms with Gasteiger partial charge < -0.3 is 4.48 Å². The summed E-state index contributed by atoms with van der Waals surface area (Å²) < 4.78 is 3.44. The highest BCUT2D eigenvalue weighted by molar-refractivity contribution is 7.24. The Hall–Kier alpha value is -4.77. The van der Waals surface area contributed by atoms with Crippen molar-refractivity contribution < 1.29 is 4.48 Å². The second-order valence-corrected chi connectivity index (χ2v) is 15.3. The Morgan fingerprint density at radius 1 is 0.510 bits per heavy atom. The van der Waals surface area contributed by atoms with Gasteiger partial charge in [0.25, 0.3) is 0 Å². The van der Waals surface area contributed by atoms with E-state index in [1.165, 1.54) is 70.8 Å². The standard InChI is InChI=1S/C24H20B.C21H22NOS/c1-5-13-21(14-6-1)25(22-15-7-2-8-16-22,23-17-9-3-10-18-23)24-19-11-4-12-20-24;23-21-17-3-1-2-4-19(17)24-20-6-5-16(13-18(20)21)14-22-10-7-15(8-11-22)9-12-22/h1-20H;1-6,13,15H,7-12,14H2/q-1;+1. The highest BCUT2D eigenvalue weighted by Crippen LogP contribution is 2.35. The number of rotatable bonds is 6. The fourth-order valence-electron chi connectivity index (χ4n) is 8.83. The molecule has 49 heavy (non-hydrogen) atoms. The summed E-state index contributed by atoms with van der Waals surface area (Å²) in [6, 6.07) is 58.1. The largest absolute Gasteiger partial charge is 0.320 e. The van der Waals surface area contributed by atoms with Gasteiger partial charge in [0, 0.05) is 25.7 Å². The molecule has 1 aromatic heterocycles. The zero-order valence-corrected chi connectivity index (χ0v) is 28.8. The van der Waals surface area contributed by atoms with Crippen molar-refractivity contribution in [2.24, 2.45) is 5.92 Å². The Kier molecular flexibility index (Phi) is 8.76. The van der Waals surface area contributed by atoms with Crippen LogP contribution >= 0.6 is 11.3 Å². The fraction of sp³-hybridized carbons (Fsp3) is 0.178. The zero-order valence-electron chi connectivity index (χ0n) is 28.0. The van der Waals surface area contributed by atoms with E-state index >= 15 is 0 Å². The molecule has 0 amide bonds. The van der Waals surface area contributed by atoms with Gasteiger partial charge in [0.2, 0.25) is 0 Å². The molecule has 2 nitrogen and oxygen atoms in total. The summed E-state index contributed by atoms with van der Waals surface area (Å²) in [5.74, 6) is 0.989. The number of hydrogen-bond acceptors (Lipinski definition) is 2. The molecule has 0 unspecified atom stereocenters. The van der Waals surface area contributed by atoms with Gasteiger partial charge in [0.05, 0.1) is 19.6 Å². The van der Waals surface area contributed by atoms with Crippen LogP contribution in [-0.2, 0) is 6.54 Å². The average molecular weight is 656 g/mol. The lowest BCUT2D eigenvalue weighted by atomic mass is 9.13. The molecule has 6 aromatic carbocycles. The SMILES string of the molecule is O=c1c2ccccc2sc2ccc(C[N+]34CCC(CC3)CC4)cc12.c1ccc([B-](c2ccccc2)(c2ccccc2)c2ccccc2)cc1. The molecule has 3 fully saturated rings. The zero-order chi connectivity index (χ0) is 33.1. The Bertz CT molecular complexity index is 2050. The molecule has 3 aliphatic heterocycles. The molecule has 0 spiro atoms. The Balaban J connectivity index is 0.000000142. The summed E-state index contributed by atoms with van der Waals surface area (Å²) in [7, 11) is 0. The van der Waals surface area contributed by atoms with E-state index in [2.05, 4.69) is 140 Å². The lowest BCUT2D eigenvalue weighted by Gasteiger charge is -2.49. The first kappa shape index (κ1) is 31.5. The lowest BCUT2D eigenvalue weighted by Crippen LogP contribution is -2.74. The van der Waals surface area contributed by atoms with E-state index in [0.29, 0.717) is 0 Å². The van der Waals surface area contributed by atoms with Gasteiger partial charge >= 0.3 is 0 Å². The molecule has 3 aliphatic rings. The minimum atomic E-state index is -1.22. The van der Waals surface area contributed by atoms with Gasteiger partial charge in [-0.15, -0.1) is 11.3 Å². The summed E-state index contributed by atoms with van der Waals surface area (Å²) in [6.07, 6.45) is 2.97. The van der Waals surface area contributed by atoms with Gasteiger partial charge in [-0.1, -0.05) is 140 Å². The van der Waals surface area contributed by atoms with E-state index in [9.17, 15) is 4.79 Å². The third-order valence-electron chi connectivity index (χ3n) is 11.4. The quantitative estimate of drug-likeness (QED) is 0.102. The maximum atomic E-state index is 12.9. The molecular formula is C45H42BNOS. The molecular weight excluding hydrogens is 613 g/mol. The molecule has 0 saturated carbocycles. The highest BCUT2D eigenvalue weighted by atomic mass is 32.1. The fourth-order valence-corrected chi connectivity index (χ4v) is 9.88. The van der Waals surface area contributed by atoms with Crippen LogP contribution in [0.4, 0.5) is 0 Å². The monoisotopic (exact) mass is 655 g/mol. The molecule has 2 bridgehead atoms. The molecule has 7 aromatic rings. The molecule has 242 valence electrons. The molecule has 4 heteroatoms. The van der Waals surface area contributed by atoms with Gasteiger partial charge in [0.1, 0.15) is 12.7 Å². The molecule has 0 aliphatic carbocycles. The number of quaternary nitrogens is 1. The number of piperidine rings is 3. The third kappa shape index (κ3) is 6.05. The summed E-state index contributed by atoms with van der Waals surface area (Å²) in [4.78, 5) is 12.9. The van der Waals surface area contributed by atoms with Crippen molar-refractivity contribution in [1.29, 1.82) is 0 Å². The van der Waals surface area contributed by atoms with Crippen LogP contribution in [0.25, 0.3) is 20.2 Å². The van der Waals surface area contributed by atoms with Crippen LogP contribution in [0.15, 0.2) is 169 Å². The predicted molar refractivity (Wildman–Crippen MR) is 212 cm³/mol. The van der Waals surface area contributed by atoms with Crippen LogP contribution in [0, 0.1) is 5.92 Å². The summed E-state index contributed by atoms with van der Waals surface area (Å²) in [5.41, 5.74) is 6.88. The van der Waals surface area contributed by atoms with Gasteiger partial charge in [-0.3, -0.25) is 4.79 Å². The van der Waals surface area contributed by atoms with Crippen molar-refractivity contribution in [3.05, 3.63) is 180 Å². The van der Waals surface area contributed by atoms with Crippen LogP contribution in [0.5, 0.6) is 0 Å². The van der Waals surface area contributed by atoms with Crippen LogP contribution in [0.2, 0.25) is 0 Å². The second-order valence-electron chi connectivity index (χ2n) is 14.2. The van der Waals surface area contributed by atoms with Crippen LogP contribution < -0.4 is 27.3 Å². The minimum absolute atomic E-state index is 0.193. The normalized spacial score (nSPS) is 18.6. The summed E-state index contributed by atoms with van der Waals surface area (Å²) in [6.45, 7) is 5.08. The van der Waals surface area contributed by atoms with E-state index in [4.69, 9.17) is 0 Å². The molecule has 0 atom stereocenters. The van der Waals surface area contributed by atoms with Crippen molar-refractivity contribution >= 4 is 59.5 Å². The van der Waals surface area contributed by atoms with Crippen molar-refractivity contribution in [2.45, 2.75) is 25.8 Å². The number of benzene rings is 6. The summed E-state index contributed by atoms with van der Waals surface area (Å²) >= 11 is 1.73. The first-order valence-corrected chi connectivity index (χ1v) is 18.6. The smallest absolute Gasteiger partial charge is 0.195 e. The lowest BCUT2D eigenvalue weighted by molar-refractivity contribution is -0.955. The molecule has 0 N–H and O–H groups in total. The first-order chi connectivity index (χ1) is 24.1. The van der Waals surface area contributed by atoms with Gasteiger partial charge in [-0.05, 0) is 49.4 Å². The van der Waals surface area contributed by atoms with Crippen LogP contribution in [-0.4, -0.2) is 30.3 Å². The van der Waals surface area contributed by atoms with E-state index in [1.54, 1.807) is 11.3 Å². The van der Waals surface area contributed by atoms with Crippen molar-refractivity contribution in [1.82, 2.24) is 0 Å². The third-order valence-corrected chi connectivity index (χ3v) is 12.5. The van der Waals surface area contributed by atoms with Gasteiger partial charge in [0.15, 0.2) is 5.43 Å². The Labute approximate surface area is 293 Å².